The number of fused-ring (bicyclic) bond motifs is 3. The Kier molecular flexibility index (Phi) is 6.22. The summed E-state index contributed by atoms with van der Waals surface area (Å²) in [4.78, 5) is 12.8. The van der Waals surface area contributed by atoms with Crippen LogP contribution in [0.15, 0.2) is 97.1 Å². The molecule has 0 radical (unpaired) electrons. The van der Waals surface area contributed by atoms with E-state index in [1.165, 1.54) is 0 Å². The molecule has 39 heavy (non-hydrogen) atoms. The lowest BCUT2D eigenvalue weighted by molar-refractivity contribution is 0.102. The first-order valence-electron chi connectivity index (χ1n) is 12.2. The number of hydrogen-bond donors (Lipinski definition) is 2. The molecular weight excluding hydrogens is 492 g/mol. The van der Waals surface area contributed by atoms with E-state index in [-0.39, 0.29) is 5.91 Å². The molecule has 0 saturated heterocycles. The van der Waals surface area contributed by atoms with E-state index in [4.69, 9.17) is 14.6 Å². The van der Waals surface area contributed by atoms with Crippen LogP contribution in [0.3, 0.4) is 0 Å². The highest BCUT2D eigenvalue weighted by atomic mass is 16.5. The molecule has 6 rings (SSSR count). The normalized spacial score (nSPS) is 10.9. The van der Waals surface area contributed by atoms with Gasteiger partial charge in [-0.05, 0) is 60.7 Å². The van der Waals surface area contributed by atoms with Gasteiger partial charge in [-0.25, -0.2) is 0 Å². The molecular formula is C30H24N6O3. The first-order valence-corrected chi connectivity index (χ1v) is 12.2. The average molecular weight is 517 g/mol. The third kappa shape index (κ3) is 4.57. The Hall–Kier alpha value is -5.44. The zero-order valence-corrected chi connectivity index (χ0v) is 21.3. The van der Waals surface area contributed by atoms with Gasteiger partial charge in [0, 0.05) is 27.7 Å². The summed E-state index contributed by atoms with van der Waals surface area (Å²) >= 11 is 0. The number of hydrogen-bond acceptors (Lipinski definition) is 7. The van der Waals surface area contributed by atoms with E-state index in [1.807, 2.05) is 78.9 Å². The molecule has 0 atom stereocenters. The van der Waals surface area contributed by atoms with E-state index in [1.54, 1.807) is 36.9 Å². The van der Waals surface area contributed by atoms with Crippen molar-refractivity contribution in [2.45, 2.75) is 0 Å². The third-order valence-electron chi connectivity index (χ3n) is 6.37. The van der Waals surface area contributed by atoms with E-state index in [0.29, 0.717) is 34.3 Å². The minimum Gasteiger partial charge on any atom is -0.497 e. The number of carbonyl (C=O) groups excluding carboxylic acids is 1. The van der Waals surface area contributed by atoms with Crippen LogP contribution in [0, 0.1) is 0 Å². The predicted molar refractivity (Wildman–Crippen MR) is 151 cm³/mol. The lowest BCUT2D eigenvalue weighted by Gasteiger charge is -2.12. The summed E-state index contributed by atoms with van der Waals surface area (Å²) in [7, 11) is 3.18. The van der Waals surface area contributed by atoms with Crippen LogP contribution < -0.4 is 20.1 Å². The quantitative estimate of drug-likeness (QED) is 0.270. The van der Waals surface area contributed by atoms with Crippen molar-refractivity contribution < 1.29 is 14.3 Å². The predicted octanol–water partition coefficient (Wildman–Crippen LogP) is 5.96. The second-order valence-corrected chi connectivity index (χ2v) is 8.74. The zero-order chi connectivity index (χ0) is 26.8. The van der Waals surface area contributed by atoms with Crippen LogP contribution in [0.4, 0.5) is 17.2 Å². The summed E-state index contributed by atoms with van der Waals surface area (Å²) in [5.41, 5.74) is 3.46. The molecule has 0 saturated carbocycles. The van der Waals surface area contributed by atoms with Crippen LogP contribution in [0.2, 0.25) is 0 Å². The van der Waals surface area contributed by atoms with Gasteiger partial charge in [-0.15, -0.1) is 15.3 Å². The molecule has 9 nitrogen and oxygen atoms in total. The number of nitrogens with zero attached hydrogens (tertiary/aromatic N) is 4. The molecule has 2 N–H and O–H groups in total. The number of benzene rings is 4. The number of carbonyl (C=O) groups is 1. The Bertz CT molecular complexity index is 1800. The van der Waals surface area contributed by atoms with Gasteiger partial charge in [0.05, 0.1) is 19.8 Å². The second kappa shape index (κ2) is 10.1. The first kappa shape index (κ1) is 23.9. The fraction of sp³-hybridized carbons (Fsp3) is 0.0667. The highest BCUT2D eigenvalue weighted by Crippen LogP contribution is 2.30. The molecule has 0 spiro atoms. The number of para-hydroxylation sites is 1. The van der Waals surface area contributed by atoms with Gasteiger partial charge >= 0.3 is 0 Å². The number of methoxy groups -OCH3 is 2. The summed E-state index contributed by atoms with van der Waals surface area (Å²) in [6.07, 6.45) is 0. The van der Waals surface area contributed by atoms with Crippen molar-refractivity contribution in [3.8, 4) is 22.9 Å². The Morgan fingerprint density at radius 1 is 0.744 bits per heavy atom. The molecule has 0 bridgehead atoms. The second-order valence-electron chi connectivity index (χ2n) is 8.74. The molecule has 2 heterocycles. The van der Waals surface area contributed by atoms with Gasteiger partial charge in [-0.3, -0.25) is 4.79 Å². The summed E-state index contributed by atoms with van der Waals surface area (Å²) < 4.78 is 12.3. The summed E-state index contributed by atoms with van der Waals surface area (Å²) in [5.74, 6) is 2.31. The topological polar surface area (TPSA) is 103 Å². The van der Waals surface area contributed by atoms with E-state index < -0.39 is 0 Å². The summed E-state index contributed by atoms with van der Waals surface area (Å²) in [6.45, 7) is 0. The maximum absolute atomic E-state index is 12.8. The van der Waals surface area contributed by atoms with Gasteiger partial charge in [0.25, 0.3) is 5.91 Å². The molecule has 0 aliphatic rings. The smallest absolute Gasteiger partial charge is 0.259 e. The Morgan fingerprint density at radius 3 is 2.18 bits per heavy atom. The van der Waals surface area contributed by atoms with Crippen LogP contribution in [-0.2, 0) is 0 Å². The van der Waals surface area contributed by atoms with Crippen LogP contribution in [0.1, 0.15) is 10.4 Å². The van der Waals surface area contributed by atoms with E-state index in [9.17, 15) is 4.79 Å². The van der Waals surface area contributed by atoms with Gasteiger partial charge in [0.1, 0.15) is 11.5 Å². The Balaban J connectivity index is 1.31. The summed E-state index contributed by atoms with van der Waals surface area (Å²) in [6, 6.07) is 30.1. The molecule has 6 aromatic rings. The van der Waals surface area contributed by atoms with Gasteiger partial charge in [0.15, 0.2) is 17.3 Å². The van der Waals surface area contributed by atoms with Crippen molar-refractivity contribution in [2.75, 3.05) is 24.9 Å². The highest BCUT2D eigenvalue weighted by Gasteiger charge is 2.16. The molecule has 0 fully saturated rings. The van der Waals surface area contributed by atoms with Crippen molar-refractivity contribution in [1.29, 1.82) is 0 Å². The minimum absolute atomic E-state index is 0.245. The molecule has 9 heteroatoms. The molecule has 0 unspecified atom stereocenters. The SMILES string of the molecule is COc1ccc(-c2nnc3c4ccccc4c(Nc4ccc(NC(=O)c5ccccc5OC)cc4)nn23)cc1. The molecule has 4 aromatic carbocycles. The monoisotopic (exact) mass is 516 g/mol. The van der Waals surface area contributed by atoms with Gasteiger partial charge < -0.3 is 20.1 Å². The fourth-order valence-corrected chi connectivity index (χ4v) is 4.40. The zero-order valence-electron chi connectivity index (χ0n) is 21.3. The number of ether oxygens (including phenoxy) is 2. The molecule has 0 aliphatic heterocycles. The van der Waals surface area contributed by atoms with Gasteiger partial charge in [-0.1, -0.05) is 36.4 Å². The van der Waals surface area contributed by atoms with Crippen molar-refractivity contribution >= 4 is 39.5 Å². The maximum atomic E-state index is 12.8. The van der Waals surface area contributed by atoms with Crippen LogP contribution >= 0.6 is 0 Å². The minimum atomic E-state index is -0.245. The molecule has 192 valence electrons. The lowest BCUT2D eigenvalue weighted by atomic mass is 10.1. The maximum Gasteiger partial charge on any atom is 0.259 e. The van der Waals surface area contributed by atoms with Gasteiger partial charge in [0.2, 0.25) is 0 Å². The number of anilines is 3. The van der Waals surface area contributed by atoms with E-state index >= 15 is 0 Å². The molecule has 0 aliphatic carbocycles. The lowest BCUT2D eigenvalue weighted by Crippen LogP contribution is -2.13. The van der Waals surface area contributed by atoms with E-state index in [0.717, 1.165) is 27.8 Å². The van der Waals surface area contributed by atoms with Crippen molar-refractivity contribution in [3.05, 3.63) is 103 Å². The number of amides is 1. The van der Waals surface area contributed by atoms with Crippen molar-refractivity contribution in [3.63, 3.8) is 0 Å². The largest absolute Gasteiger partial charge is 0.497 e. The average Bonchev–Trinajstić information content (AvgIpc) is 3.42. The number of aromatic nitrogens is 4. The van der Waals surface area contributed by atoms with Gasteiger partial charge in [-0.2, -0.15) is 4.52 Å². The fourth-order valence-electron chi connectivity index (χ4n) is 4.40. The van der Waals surface area contributed by atoms with Crippen LogP contribution in [0.25, 0.3) is 27.8 Å². The van der Waals surface area contributed by atoms with Crippen LogP contribution in [0.5, 0.6) is 11.5 Å². The van der Waals surface area contributed by atoms with Crippen molar-refractivity contribution in [2.24, 2.45) is 0 Å². The number of rotatable bonds is 7. The Labute approximate surface area is 224 Å². The molecule has 1 amide bonds. The summed E-state index contributed by atoms with van der Waals surface area (Å²) in [5, 5.41) is 21.9. The van der Waals surface area contributed by atoms with Crippen molar-refractivity contribution in [1.82, 2.24) is 19.8 Å². The standard InChI is InChI=1S/C30H24N6O3/c1-38-22-17-11-19(12-18-22)28-33-34-29-24-8-4-3-7-23(24)27(35-36(28)29)31-20-13-15-21(16-14-20)32-30(37)25-9-5-6-10-26(25)39-2/h3-18H,1-2H3,(H,31,35)(H,32,37). The molecule has 2 aromatic heterocycles. The highest BCUT2D eigenvalue weighted by molar-refractivity contribution is 6.06. The number of nitrogens with one attached hydrogen (secondary N) is 2. The van der Waals surface area contributed by atoms with E-state index in [2.05, 4.69) is 20.8 Å². The first-order chi connectivity index (χ1) is 19.1. The Morgan fingerprint density at radius 2 is 1.44 bits per heavy atom. The van der Waals surface area contributed by atoms with Crippen LogP contribution in [-0.4, -0.2) is 39.9 Å². The third-order valence-corrected chi connectivity index (χ3v) is 6.37.